The first-order chi connectivity index (χ1) is 14.2. The quantitative estimate of drug-likeness (QED) is 0.392. The molecule has 0 aromatic rings. The number of rotatable bonds is 3. The smallest absolute Gasteiger partial charge is 0.316 e. The maximum absolute atomic E-state index is 13.2. The van der Waals surface area contributed by atoms with Gasteiger partial charge in [0.1, 0.15) is 12.2 Å². The van der Waals surface area contributed by atoms with Gasteiger partial charge in [-0.2, -0.15) is 0 Å². The highest BCUT2D eigenvalue weighted by atomic mass is 16.5. The number of esters is 3. The molecule has 3 fully saturated rings. The van der Waals surface area contributed by atoms with E-state index in [0.29, 0.717) is 31.1 Å². The van der Waals surface area contributed by atoms with Crippen molar-refractivity contribution in [3.05, 3.63) is 11.6 Å². The third kappa shape index (κ3) is 3.18. The molecule has 30 heavy (non-hydrogen) atoms. The molecule has 4 rings (SSSR count). The molecule has 4 aliphatic rings. The van der Waals surface area contributed by atoms with Crippen molar-refractivity contribution in [1.82, 2.24) is 0 Å². The SMILES string of the molecule is COC(=O)[C@]12CC[C@H](OC(C)=O)CC1=CC[C@@H]1[C@@H]2CC[C@]2(C)[C@@H](OC(C)=O)CC[C@@H]12. The molecule has 0 radical (unpaired) electrons. The van der Waals surface area contributed by atoms with E-state index in [9.17, 15) is 14.4 Å². The van der Waals surface area contributed by atoms with E-state index in [-0.39, 0.29) is 41.4 Å². The molecule has 7 atom stereocenters. The molecule has 6 nitrogen and oxygen atoms in total. The minimum absolute atomic E-state index is 0.0234. The highest BCUT2D eigenvalue weighted by molar-refractivity contribution is 5.82. The van der Waals surface area contributed by atoms with Crippen LogP contribution in [0.4, 0.5) is 0 Å². The van der Waals surface area contributed by atoms with Gasteiger partial charge in [0.2, 0.25) is 0 Å². The molecule has 0 amide bonds. The van der Waals surface area contributed by atoms with Crippen LogP contribution >= 0.6 is 0 Å². The number of carbonyl (C=O) groups excluding carboxylic acids is 3. The second-order valence-electron chi connectivity index (χ2n) is 10.00. The number of hydrogen-bond acceptors (Lipinski definition) is 6. The highest BCUT2D eigenvalue weighted by Crippen LogP contribution is 2.65. The minimum atomic E-state index is -0.602. The largest absolute Gasteiger partial charge is 0.468 e. The monoisotopic (exact) mass is 418 g/mol. The van der Waals surface area contributed by atoms with Crippen molar-refractivity contribution < 1.29 is 28.6 Å². The molecule has 166 valence electrons. The molecular weight excluding hydrogens is 384 g/mol. The first-order valence-corrected chi connectivity index (χ1v) is 11.3. The van der Waals surface area contributed by atoms with Crippen molar-refractivity contribution in [2.75, 3.05) is 7.11 Å². The molecule has 4 aliphatic carbocycles. The lowest BCUT2D eigenvalue weighted by Gasteiger charge is -2.57. The van der Waals surface area contributed by atoms with Crippen LogP contribution in [0.25, 0.3) is 0 Å². The summed E-state index contributed by atoms with van der Waals surface area (Å²) in [5.74, 6) is 0.448. The fourth-order valence-corrected chi connectivity index (χ4v) is 7.52. The van der Waals surface area contributed by atoms with Gasteiger partial charge in [-0.15, -0.1) is 0 Å². The van der Waals surface area contributed by atoms with Crippen LogP contribution in [0.5, 0.6) is 0 Å². The van der Waals surface area contributed by atoms with Gasteiger partial charge in [-0.25, -0.2) is 0 Å². The molecule has 0 aromatic heterocycles. The van der Waals surface area contributed by atoms with Gasteiger partial charge < -0.3 is 14.2 Å². The van der Waals surface area contributed by atoms with E-state index in [1.807, 2.05) is 0 Å². The topological polar surface area (TPSA) is 78.9 Å². The molecule has 3 saturated carbocycles. The van der Waals surface area contributed by atoms with E-state index >= 15 is 0 Å². The van der Waals surface area contributed by atoms with Crippen LogP contribution in [0, 0.1) is 28.6 Å². The summed E-state index contributed by atoms with van der Waals surface area (Å²) in [6.45, 7) is 5.21. The Morgan fingerprint density at radius 1 is 0.967 bits per heavy atom. The van der Waals surface area contributed by atoms with Gasteiger partial charge in [0, 0.05) is 25.7 Å². The normalized spacial score (nSPS) is 42.1. The molecule has 0 heterocycles. The predicted molar refractivity (Wildman–Crippen MR) is 109 cm³/mol. The molecule has 0 spiro atoms. The summed E-state index contributed by atoms with van der Waals surface area (Å²) in [7, 11) is 1.48. The number of fused-ring (bicyclic) bond motifs is 5. The number of ether oxygens (including phenoxy) is 3. The van der Waals surface area contributed by atoms with Crippen LogP contribution < -0.4 is 0 Å². The number of allylic oxidation sites excluding steroid dienone is 1. The van der Waals surface area contributed by atoms with Crippen molar-refractivity contribution in [3.63, 3.8) is 0 Å². The van der Waals surface area contributed by atoms with Crippen molar-refractivity contribution in [2.24, 2.45) is 28.6 Å². The lowest BCUT2D eigenvalue weighted by atomic mass is 9.47. The number of hydrogen-bond donors (Lipinski definition) is 0. The fourth-order valence-electron chi connectivity index (χ4n) is 7.52. The Hall–Kier alpha value is -1.85. The van der Waals surface area contributed by atoms with Crippen LogP contribution in [-0.2, 0) is 28.6 Å². The summed E-state index contributed by atoms with van der Waals surface area (Å²) in [6, 6.07) is 0. The Bertz CT molecular complexity index is 772. The van der Waals surface area contributed by atoms with Gasteiger partial charge in [-0.3, -0.25) is 14.4 Å². The Morgan fingerprint density at radius 3 is 2.37 bits per heavy atom. The Morgan fingerprint density at radius 2 is 1.70 bits per heavy atom. The van der Waals surface area contributed by atoms with Crippen LogP contribution in [0.3, 0.4) is 0 Å². The predicted octanol–water partition coefficient (Wildman–Crippen LogP) is 3.97. The first kappa shape index (κ1) is 21.4. The third-order valence-electron chi connectivity index (χ3n) is 8.69. The Labute approximate surface area is 178 Å². The van der Waals surface area contributed by atoms with Gasteiger partial charge in [-0.05, 0) is 62.7 Å². The van der Waals surface area contributed by atoms with Crippen LogP contribution in [0.1, 0.15) is 72.1 Å². The lowest BCUT2D eigenvalue weighted by Crippen LogP contribution is -2.55. The van der Waals surface area contributed by atoms with E-state index in [0.717, 1.165) is 37.7 Å². The average molecular weight is 419 g/mol. The van der Waals surface area contributed by atoms with Gasteiger partial charge in [0.25, 0.3) is 0 Å². The van der Waals surface area contributed by atoms with Crippen LogP contribution in [-0.4, -0.2) is 37.2 Å². The molecule has 6 heteroatoms. The molecule has 0 N–H and O–H groups in total. The molecule has 0 aromatic carbocycles. The molecule has 0 unspecified atom stereocenters. The Balaban J connectivity index is 1.65. The highest BCUT2D eigenvalue weighted by Gasteiger charge is 2.63. The van der Waals surface area contributed by atoms with Crippen molar-refractivity contribution in [2.45, 2.75) is 84.3 Å². The van der Waals surface area contributed by atoms with E-state index in [4.69, 9.17) is 14.2 Å². The van der Waals surface area contributed by atoms with E-state index in [1.165, 1.54) is 21.0 Å². The number of carbonyl (C=O) groups is 3. The summed E-state index contributed by atoms with van der Waals surface area (Å²) >= 11 is 0. The summed E-state index contributed by atoms with van der Waals surface area (Å²) in [6.07, 6.45) is 8.78. The van der Waals surface area contributed by atoms with Gasteiger partial charge in [0.15, 0.2) is 0 Å². The molecular formula is C24H34O6. The molecule has 0 bridgehead atoms. The summed E-state index contributed by atoms with van der Waals surface area (Å²) < 4.78 is 16.6. The van der Waals surface area contributed by atoms with Crippen LogP contribution in [0.2, 0.25) is 0 Å². The van der Waals surface area contributed by atoms with Gasteiger partial charge in [-0.1, -0.05) is 18.6 Å². The maximum Gasteiger partial charge on any atom is 0.316 e. The minimum Gasteiger partial charge on any atom is -0.468 e. The number of methoxy groups -OCH3 is 1. The third-order valence-corrected chi connectivity index (χ3v) is 8.69. The Kier molecular flexibility index (Phi) is 5.48. The van der Waals surface area contributed by atoms with Gasteiger partial charge >= 0.3 is 17.9 Å². The van der Waals surface area contributed by atoms with E-state index < -0.39 is 5.41 Å². The maximum atomic E-state index is 13.2. The zero-order chi connectivity index (χ0) is 21.7. The van der Waals surface area contributed by atoms with Crippen LogP contribution in [0.15, 0.2) is 11.6 Å². The van der Waals surface area contributed by atoms with Crippen molar-refractivity contribution >= 4 is 17.9 Å². The average Bonchev–Trinajstić information content (AvgIpc) is 3.02. The summed E-state index contributed by atoms with van der Waals surface area (Å²) in [5, 5.41) is 0. The van der Waals surface area contributed by atoms with Gasteiger partial charge in [0.05, 0.1) is 12.5 Å². The zero-order valence-corrected chi connectivity index (χ0v) is 18.6. The lowest BCUT2D eigenvalue weighted by molar-refractivity contribution is -0.168. The second-order valence-corrected chi connectivity index (χ2v) is 10.00. The second kappa shape index (κ2) is 7.69. The van der Waals surface area contributed by atoms with E-state index in [1.54, 1.807) is 0 Å². The molecule has 0 aliphatic heterocycles. The fraction of sp³-hybridized carbons (Fsp3) is 0.792. The summed E-state index contributed by atoms with van der Waals surface area (Å²) in [5.41, 5.74) is 0.478. The first-order valence-electron chi connectivity index (χ1n) is 11.3. The zero-order valence-electron chi connectivity index (χ0n) is 18.6. The van der Waals surface area contributed by atoms with Crippen molar-refractivity contribution in [1.29, 1.82) is 0 Å². The molecule has 0 saturated heterocycles. The van der Waals surface area contributed by atoms with Crippen molar-refractivity contribution in [3.8, 4) is 0 Å². The standard InChI is InChI=1S/C24H34O6/c1-14(25)29-17-9-12-24(22(27)28-4)16(13-17)5-6-18-19-7-8-21(30-15(2)26)23(19,3)11-10-20(18)24/h5,17-21H,6-13H2,1-4H3/t17-,18-,19-,20-,21-,23-,24+/m0/s1. The summed E-state index contributed by atoms with van der Waals surface area (Å²) in [4.78, 5) is 36.4. The van der Waals surface area contributed by atoms with E-state index in [2.05, 4.69) is 13.0 Å².